The van der Waals surface area contributed by atoms with Crippen LogP contribution in [0.25, 0.3) is 0 Å². The van der Waals surface area contributed by atoms with Crippen LogP contribution in [-0.4, -0.2) is 22.3 Å². The van der Waals surface area contributed by atoms with E-state index in [0.29, 0.717) is 12.1 Å². The first-order chi connectivity index (χ1) is 16.3. The number of carbonyl (C=O) groups is 2. The minimum atomic E-state index is -4.68. The third-order valence-corrected chi connectivity index (χ3v) is 7.81. The summed E-state index contributed by atoms with van der Waals surface area (Å²) in [7, 11) is 0. The molecule has 11 heteroatoms. The molecule has 0 saturated heterocycles. The fourth-order valence-corrected chi connectivity index (χ4v) is 5.32. The van der Waals surface area contributed by atoms with E-state index in [0.717, 1.165) is 12.1 Å². The van der Waals surface area contributed by atoms with Crippen LogP contribution in [0, 0.1) is 26.4 Å². The molecule has 2 fully saturated rings. The number of carbonyl (C=O) groups excluding carboxylic acids is 2. The number of rotatable bonds is 5. The van der Waals surface area contributed by atoms with Crippen LogP contribution < -0.4 is 10.7 Å². The molecule has 0 heterocycles. The van der Waals surface area contributed by atoms with E-state index < -0.39 is 50.3 Å². The molecule has 2 bridgehead atoms. The highest BCUT2D eigenvalue weighted by atomic mass is 19.4. The van der Waals surface area contributed by atoms with E-state index >= 15 is 0 Å². The Morgan fingerprint density at radius 1 is 1.06 bits per heavy atom. The van der Waals surface area contributed by atoms with Crippen molar-refractivity contribution in [2.24, 2.45) is 21.3 Å². The molecule has 2 aliphatic rings. The molecule has 2 aromatic rings. The number of halogens is 3. The van der Waals surface area contributed by atoms with Crippen LogP contribution in [0.4, 0.5) is 30.2 Å². The predicted molar refractivity (Wildman–Crippen MR) is 123 cm³/mol. The second kappa shape index (κ2) is 7.89. The Morgan fingerprint density at radius 3 is 2.29 bits per heavy atom. The van der Waals surface area contributed by atoms with Gasteiger partial charge in [-0.05, 0) is 42.5 Å². The Bertz CT molecular complexity index is 1260. The van der Waals surface area contributed by atoms with Crippen molar-refractivity contribution in [3.63, 3.8) is 0 Å². The Labute approximate surface area is 198 Å². The number of hydrazone groups is 1. The monoisotopic (exact) mass is 488 g/mol. The molecule has 0 spiro atoms. The van der Waals surface area contributed by atoms with E-state index in [1.807, 2.05) is 6.92 Å². The minimum absolute atomic E-state index is 0.109. The second-order valence-corrected chi connectivity index (χ2v) is 9.57. The van der Waals surface area contributed by atoms with Gasteiger partial charge in [-0.15, -0.1) is 0 Å². The number of hydrogen-bond donors (Lipinski definition) is 2. The molecular weight excluding hydrogens is 465 g/mol. The molecule has 2 saturated carbocycles. The molecule has 2 aliphatic carbocycles. The first-order valence-corrected chi connectivity index (χ1v) is 10.9. The lowest BCUT2D eigenvalue weighted by Gasteiger charge is -2.37. The van der Waals surface area contributed by atoms with E-state index in [1.54, 1.807) is 13.8 Å². The first-order valence-electron chi connectivity index (χ1n) is 10.9. The minimum Gasteiger partial charge on any atom is -0.325 e. The van der Waals surface area contributed by atoms with Crippen LogP contribution in [-0.2, 0) is 15.8 Å². The molecule has 4 rings (SSSR count). The highest BCUT2D eigenvalue weighted by Gasteiger charge is 2.76. The van der Waals surface area contributed by atoms with E-state index in [1.165, 1.54) is 36.4 Å². The highest BCUT2D eigenvalue weighted by Crippen LogP contribution is 2.69. The fourth-order valence-electron chi connectivity index (χ4n) is 5.32. The van der Waals surface area contributed by atoms with Crippen molar-refractivity contribution in [3.8, 4) is 0 Å². The number of nitrogens with one attached hydrogen (secondary N) is 2. The van der Waals surface area contributed by atoms with Crippen LogP contribution in [0.5, 0.6) is 0 Å². The third kappa shape index (κ3) is 3.48. The van der Waals surface area contributed by atoms with E-state index in [4.69, 9.17) is 0 Å². The Kier molecular flexibility index (Phi) is 5.49. The maximum absolute atomic E-state index is 13.6. The number of alkyl halides is 3. The lowest BCUT2D eigenvalue weighted by molar-refractivity contribution is -0.384. The number of fused-ring (bicyclic) bond motifs is 2. The van der Waals surface area contributed by atoms with Crippen molar-refractivity contribution >= 4 is 34.5 Å². The van der Waals surface area contributed by atoms with Gasteiger partial charge in [0.25, 0.3) is 5.69 Å². The summed E-state index contributed by atoms with van der Waals surface area (Å²) in [4.78, 5) is 37.5. The van der Waals surface area contributed by atoms with Crippen LogP contribution in [0.1, 0.15) is 39.2 Å². The maximum Gasteiger partial charge on any atom is 0.418 e. The van der Waals surface area contributed by atoms with Crippen molar-refractivity contribution in [1.82, 2.24) is 0 Å². The van der Waals surface area contributed by atoms with Gasteiger partial charge in [0.2, 0.25) is 5.91 Å². The summed E-state index contributed by atoms with van der Waals surface area (Å²) in [6.07, 6.45) is -4.07. The van der Waals surface area contributed by atoms with E-state index in [-0.39, 0.29) is 17.8 Å². The lowest BCUT2D eigenvalue weighted by Crippen LogP contribution is -2.48. The number of nitro groups is 1. The molecule has 0 aromatic heterocycles. The molecule has 2 unspecified atom stereocenters. The number of nitro benzene ring substituents is 1. The molecule has 0 aliphatic heterocycles. The zero-order valence-electron chi connectivity index (χ0n) is 19.2. The SMILES string of the molecule is CC12CCC(C(=O)Nc3ccccc3C(F)(F)F)(C(=O)/C1=N\Nc1ccc([N+](=O)[O-])cc1)C2(C)C. The van der Waals surface area contributed by atoms with Gasteiger partial charge >= 0.3 is 6.18 Å². The van der Waals surface area contributed by atoms with Crippen molar-refractivity contribution in [2.45, 2.75) is 39.8 Å². The quantitative estimate of drug-likeness (QED) is 0.332. The number of ketones is 1. The van der Waals surface area contributed by atoms with Gasteiger partial charge in [0.1, 0.15) is 11.1 Å². The lowest BCUT2D eigenvalue weighted by atomic mass is 9.64. The second-order valence-electron chi connectivity index (χ2n) is 9.57. The summed E-state index contributed by atoms with van der Waals surface area (Å²) in [5, 5.41) is 17.5. The van der Waals surface area contributed by atoms with Gasteiger partial charge in [0, 0.05) is 17.5 Å². The molecule has 35 heavy (non-hydrogen) atoms. The number of nitrogens with zero attached hydrogens (tertiary/aromatic N) is 2. The average molecular weight is 488 g/mol. The summed E-state index contributed by atoms with van der Waals surface area (Å²) < 4.78 is 40.4. The van der Waals surface area contributed by atoms with Crippen LogP contribution in [0.3, 0.4) is 0 Å². The number of non-ortho nitro benzene ring substituents is 1. The van der Waals surface area contributed by atoms with E-state index in [2.05, 4.69) is 15.8 Å². The zero-order valence-corrected chi connectivity index (χ0v) is 19.2. The predicted octanol–water partition coefficient (Wildman–Crippen LogP) is 5.42. The summed E-state index contributed by atoms with van der Waals surface area (Å²) in [6, 6.07) is 10.1. The molecule has 2 aromatic carbocycles. The number of hydrogen-bond acceptors (Lipinski definition) is 6. The number of amides is 1. The standard InChI is InChI=1S/C24H23F3N4O4/c1-21(2)22(3)12-13-23(21,20(33)28-17-7-5-4-6-16(17)24(25,26)27)19(32)18(22)30-29-14-8-10-15(11-9-14)31(34)35/h4-11,29H,12-13H2,1-3H3,(H,28,33)/b30-18+. The number of Topliss-reactive ketones (excluding diaryl/α,β-unsaturated/α-hetero) is 1. The Morgan fingerprint density at radius 2 is 1.69 bits per heavy atom. The average Bonchev–Trinajstić information content (AvgIpc) is 3.07. The van der Waals surface area contributed by atoms with Crippen molar-refractivity contribution in [1.29, 1.82) is 0 Å². The van der Waals surface area contributed by atoms with Gasteiger partial charge in [0.05, 0.1) is 21.9 Å². The smallest absolute Gasteiger partial charge is 0.325 e. The number of anilines is 2. The van der Waals surface area contributed by atoms with Crippen LogP contribution >= 0.6 is 0 Å². The van der Waals surface area contributed by atoms with Crippen LogP contribution in [0.2, 0.25) is 0 Å². The first kappa shape index (κ1) is 24.4. The van der Waals surface area contributed by atoms with Crippen LogP contribution in [0.15, 0.2) is 53.6 Å². The van der Waals surface area contributed by atoms with Crippen molar-refractivity contribution in [2.75, 3.05) is 10.7 Å². The molecule has 0 radical (unpaired) electrons. The van der Waals surface area contributed by atoms with E-state index in [9.17, 15) is 32.9 Å². The van der Waals surface area contributed by atoms with Gasteiger partial charge in [-0.1, -0.05) is 32.9 Å². The van der Waals surface area contributed by atoms with Crippen molar-refractivity contribution in [3.05, 3.63) is 64.2 Å². The molecular formula is C24H23F3N4O4. The Balaban J connectivity index is 1.68. The highest BCUT2D eigenvalue weighted by molar-refractivity contribution is 6.51. The summed E-state index contributed by atoms with van der Waals surface area (Å²) in [6.45, 7) is 5.32. The van der Waals surface area contributed by atoms with Gasteiger partial charge in [0.15, 0.2) is 5.78 Å². The van der Waals surface area contributed by atoms with Gasteiger partial charge in [-0.3, -0.25) is 25.1 Å². The molecule has 2 N–H and O–H groups in total. The molecule has 2 atom stereocenters. The number of para-hydroxylation sites is 1. The fraction of sp³-hybridized carbons (Fsp3) is 0.375. The summed E-state index contributed by atoms with van der Waals surface area (Å²) in [5.74, 6) is -1.35. The van der Waals surface area contributed by atoms with Gasteiger partial charge < -0.3 is 5.32 Å². The normalized spacial score (nSPS) is 26.1. The summed E-state index contributed by atoms with van der Waals surface area (Å²) >= 11 is 0. The molecule has 8 nitrogen and oxygen atoms in total. The van der Waals surface area contributed by atoms with Gasteiger partial charge in [-0.2, -0.15) is 18.3 Å². The zero-order chi connectivity index (χ0) is 25.8. The topological polar surface area (TPSA) is 114 Å². The Hall–Kier alpha value is -3.76. The third-order valence-electron chi connectivity index (χ3n) is 7.81. The van der Waals surface area contributed by atoms with Gasteiger partial charge in [-0.25, -0.2) is 0 Å². The molecule has 1 amide bonds. The summed E-state index contributed by atoms with van der Waals surface area (Å²) in [5.41, 5.74) is -1.63. The maximum atomic E-state index is 13.6. The largest absolute Gasteiger partial charge is 0.418 e. The van der Waals surface area contributed by atoms with Crippen molar-refractivity contribution < 1.29 is 27.7 Å². The molecule has 184 valence electrons. The number of benzene rings is 2.